The van der Waals surface area contributed by atoms with Crippen molar-refractivity contribution in [3.63, 3.8) is 0 Å². The molecule has 2 rings (SSSR count). The Morgan fingerprint density at radius 1 is 1.37 bits per heavy atom. The highest BCUT2D eigenvalue weighted by Crippen LogP contribution is 2.14. The van der Waals surface area contributed by atoms with Gasteiger partial charge in [0.2, 0.25) is 0 Å². The van der Waals surface area contributed by atoms with Crippen LogP contribution in [0.15, 0.2) is 30.3 Å². The second kappa shape index (κ2) is 6.89. The van der Waals surface area contributed by atoms with Crippen LogP contribution >= 0.6 is 0 Å². The summed E-state index contributed by atoms with van der Waals surface area (Å²) in [5, 5.41) is 10.1. The van der Waals surface area contributed by atoms with Gasteiger partial charge in [0.25, 0.3) is 0 Å². The number of ether oxygens (including phenoxy) is 2. The van der Waals surface area contributed by atoms with Gasteiger partial charge in [0.1, 0.15) is 18.5 Å². The van der Waals surface area contributed by atoms with Gasteiger partial charge in [-0.15, -0.1) is 0 Å². The van der Waals surface area contributed by atoms with Crippen molar-refractivity contribution in [3.05, 3.63) is 30.3 Å². The van der Waals surface area contributed by atoms with Crippen LogP contribution in [0.4, 0.5) is 0 Å². The van der Waals surface area contributed by atoms with Gasteiger partial charge in [0.05, 0.1) is 12.7 Å². The quantitative estimate of drug-likeness (QED) is 0.877. The summed E-state index contributed by atoms with van der Waals surface area (Å²) in [5.41, 5.74) is 0. The first-order valence-corrected chi connectivity index (χ1v) is 6.88. The van der Waals surface area contributed by atoms with Crippen LogP contribution in [0, 0.1) is 0 Å². The number of aliphatic hydroxyl groups excluding tert-OH is 1. The van der Waals surface area contributed by atoms with Gasteiger partial charge < -0.3 is 14.6 Å². The first-order valence-electron chi connectivity index (χ1n) is 6.88. The van der Waals surface area contributed by atoms with Crippen molar-refractivity contribution in [2.45, 2.75) is 32.1 Å². The third kappa shape index (κ3) is 4.20. The van der Waals surface area contributed by atoms with Gasteiger partial charge in [-0.1, -0.05) is 18.2 Å². The zero-order chi connectivity index (χ0) is 13.7. The first-order chi connectivity index (χ1) is 9.16. The lowest BCUT2D eigenvalue weighted by Crippen LogP contribution is -2.51. The van der Waals surface area contributed by atoms with Crippen LogP contribution in [0.3, 0.4) is 0 Å². The van der Waals surface area contributed by atoms with E-state index < -0.39 is 6.10 Å². The predicted molar refractivity (Wildman–Crippen MR) is 74.4 cm³/mol. The van der Waals surface area contributed by atoms with E-state index >= 15 is 0 Å². The largest absolute Gasteiger partial charge is 0.491 e. The molecule has 3 unspecified atom stereocenters. The number of benzene rings is 1. The molecule has 4 heteroatoms. The third-order valence-corrected chi connectivity index (χ3v) is 3.65. The number of hydrogen-bond acceptors (Lipinski definition) is 4. The van der Waals surface area contributed by atoms with E-state index in [9.17, 15) is 5.11 Å². The molecule has 106 valence electrons. The minimum absolute atomic E-state index is 0.219. The second-order valence-electron chi connectivity index (χ2n) is 5.09. The maximum atomic E-state index is 10.1. The van der Waals surface area contributed by atoms with Crippen molar-refractivity contribution in [2.24, 2.45) is 0 Å². The molecule has 1 heterocycles. The highest BCUT2D eigenvalue weighted by atomic mass is 16.5. The number of aliphatic hydroxyl groups is 1. The summed E-state index contributed by atoms with van der Waals surface area (Å²) in [5.74, 6) is 0.796. The molecule has 19 heavy (non-hydrogen) atoms. The smallest absolute Gasteiger partial charge is 0.119 e. The number of para-hydroxylation sites is 1. The van der Waals surface area contributed by atoms with E-state index in [0.29, 0.717) is 19.2 Å². The molecule has 3 atom stereocenters. The van der Waals surface area contributed by atoms with Crippen molar-refractivity contribution < 1.29 is 14.6 Å². The van der Waals surface area contributed by atoms with Gasteiger partial charge in [0, 0.05) is 19.1 Å². The Labute approximate surface area is 114 Å². The molecule has 0 aromatic heterocycles. The summed E-state index contributed by atoms with van der Waals surface area (Å²) in [6.45, 7) is 6.76. The predicted octanol–water partition coefficient (Wildman–Crippen LogP) is 1.54. The van der Waals surface area contributed by atoms with Crippen LogP contribution < -0.4 is 4.74 Å². The van der Waals surface area contributed by atoms with Gasteiger partial charge in [-0.25, -0.2) is 0 Å². The fraction of sp³-hybridized carbons (Fsp3) is 0.600. The highest BCUT2D eigenvalue weighted by molar-refractivity contribution is 5.20. The summed E-state index contributed by atoms with van der Waals surface area (Å²) in [4.78, 5) is 2.26. The molecule has 4 nitrogen and oxygen atoms in total. The molecule has 1 N–H and O–H groups in total. The van der Waals surface area contributed by atoms with Crippen molar-refractivity contribution in [1.29, 1.82) is 0 Å². The zero-order valence-corrected chi connectivity index (χ0v) is 11.7. The van der Waals surface area contributed by atoms with E-state index in [1.165, 1.54) is 0 Å². The Kier molecular flexibility index (Phi) is 5.19. The van der Waals surface area contributed by atoms with Crippen LogP contribution in [0.2, 0.25) is 0 Å². The fourth-order valence-corrected chi connectivity index (χ4v) is 2.29. The molecule has 1 aromatic carbocycles. The lowest BCUT2D eigenvalue weighted by atomic mass is 10.1. The van der Waals surface area contributed by atoms with Gasteiger partial charge in [-0.3, -0.25) is 4.90 Å². The Morgan fingerprint density at radius 3 is 2.84 bits per heavy atom. The van der Waals surface area contributed by atoms with E-state index in [1.54, 1.807) is 0 Å². The average molecular weight is 265 g/mol. The van der Waals surface area contributed by atoms with Crippen LogP contribution in [-0.2, 0) is 4.74 Å². The van der Waals surface area contributed by atoms with Gasteiger partial charge in [-0.05, 0) is 26.0 Å². The molecule has 0 radical (unpaired) electrons. The standard InChI is InChI=1S/C15H23NO3/c1-12-13(2)18-9-8-16(12)10-14(17)11-19-15-6-4-3-5-7-15/h3-7,12-14,17H,8-11H2,1-2H3. The van der Waals surface area contributed by atoms with Crippen LogP contribution in [0.25, 0.3) is 0 Å². The second-order valence-corrected chi connectivity index (χ2v) is 5.09. The minimum atomic E-state index is -0.479. The Morgan fingerprint density at radius 2 is 2.11 bits per heavy atom. The third-order valence-electron chi connectivity index (χ3n) is 3.65. The molecule has 1 aliphatic rings. The van der Waals surface area contributed by atoms with Gasteiger partial charge >= 0.3 is 0 Å². The Hall–Kier alpha value is -1.10. The number of rotatable bonds is 5. The molecule has 1 aliphatic heterocycles. The maximum absolute atomic E-state index is 10.1. The summed E-state index contributed by atoms with van der Waals surface area (Å²) in [6.07, 6.45) is -0.260. The molecular weight excluding hydrogens is 242 g/mol. The molecular formula is C15H23NO3. The fourth-order valence-electron chi connectivity index (χ4n) is 2.29. The molecule has 0 bridgehead atoms. The van der Waals surface area contributed by atoms with E-state index in [4.69, 9.17) is 9.47 Å². The van der Waals surface area contributed by atoms with Crippen LogP contribution in [0.1, 0.15) is 13.8 Å². The Bertz CT molecular complexity index is 371. The molecule has 0 saturated carbocycles. The molecule has 1 fully saturated rings. The van der Waals surface area contributed by atoms with E-state index in [1.807, 2.05) is 30.3 Å². The number of nitrogens with zero attached hydrogens (tertiary/aromatic N) is 1. The number of β-amino-alcohol motifs (C(OH)–C–C–N with tert-alkyl or cyclic N) is 1. The molecule has 1 saturated heterocycles. The number of hydrogen-bond donors (Lipinski definition) is 1. The summed E-state index contributed by atoms with van der Waals surface area (Å²) >= 11 is 0. The molecule has 0 aliphatic carbocycles. The molecule has 0 amide bonds. The first kappa shape index (κ1) is 14.3. The van der Waals surface area contributed by atoms with E-state index in [0.717, 1.165) is 18.9 Å². The summed E-state index contributed by atoms with van der Waals surface area (Å²) < 4.78 is 11.1. The molecule has 1 aromatic rings. The van der Waals surface area contributed by atoms with Crippen molar-refractivity contribution >= 4 is 0 Å². The van der Waals surface area contributed by atoms with Crippen molar-refractivity contribution in [2.75, 3.05) is 26.3 Å². The highest BCUT2D eigenvalue weighted by Gasteiger charge is 2.26. The summed E-state index contributed by atoms with van der Waals surface area (Å²) in [6, 6.07) is 9.92. The van der Waals surface area contributed by atoms with Gasteiger partial charge in [-0.2, -0.15) is 0 Å². The van der Waals surface area contributed by atoms with Crippen LogP contribution in [0.5, 0.6) is 5.75 Å². The van der Waals surface area contributed by atoms with E-state index in [2.05, 4.69) is 18.7 Å². The van der Waals surface area contributed by atoms with Crippen molar-refractivity contribution in [1.82, 2.24) is 4.90 Å². The van der Waals surface area contributed by atoms with Crippen molar-refractivity contribution in [3.8, 4) is 5.75 Å². The topological polar surface area (TPSA) is 41.9 Å². The maximum Gasteiger partial charge on any atom is 0.119 e. The van der Waals surface area contributed by atoms with Crippen LogP contribution in [-0.4, -0.2) is 54.6 Å². The average Bonchev–Trinajstić information content (AvgIpc) is 2.43. The van der Waals surface area contributed by atoms with E-state index in [-0.39, 0.29) is 6.10 Å². The van der Waals surface area contributed by atoms with Gasteiger partial charge in [0.15, 0.2) is 0 Å². The molecule has 0 spiro atoms. The summed E-state index contributed by atoms with van der Waals surface area (Å²) in [7, 11) is 0. The number of morpholine rings is 1. The normalized spacial score (nSPS) is 26.1. The lowest BCUT2D eigenvalue weighted by molar-refractivity contribution is -0.0701. The zero-order valence-electron chi connectivity index (χ0n) is 11.7. The monoisotopic (exact) mass is 265 g/mol. The lowest BCUT2D eigenvalue weighted by Gasteiger charge is -2.38. The SMILES string of the molecule is CC1OCCN(CC(O)COc2ccccc2)C1C. The Balaban J connectivity index is 1.76. The minimum Gasteiger partial charge on any atom is -0.491 e.